The summed E-state index contributed by atoms with van der Waals surface area (Å²) in [5.74, 6) is 0.853. The van der Waals surface area contributed by atoms with Gasteiger partial charge in [0.05, 0.1) is 12.0 Å². The van der Waals surface area contributed by atoms with Gasteiger partial charge in [0.25, 0.3) is 0 Å². The molecule has 1 heterocycles. The fourth-order valence-electron chi connectivity index (χ4n) is 1.78. The summed E-state index contributed by atoms with van der Waals surface area (Å²) >= 11 is 0. The Kier molecular flexibility index (Phi) is 4.18. The van der Waals surface area contributed by atoms with E-state index >= 15 is 0 Å². The number of β-lactam (4-membered cyclic amide) rings is 1. The molecule has 0 unspecified atom stereocenters. The SMILES string of the molecule is CC(C)C(C)(C)[SiH2]O[C@H](C)[C@H]1C(=O)N[C@@H]1C. The van der Waals surface area contributed by atoms with Crippen molar-refractivity contribution in [2.45, 2.75) is 58.7 Å². The molecule has 3 nitrogen and oxygen atoms in total. The lowest BCUT2D eigenvalue weighted by atomic mass is 9.88. The van der Waals surface area contributed by atoms with Crippen molar-refractivity contribution in [2.75, 3.05) is 0 Å². The molecule has 1 aliphatic rings. The van der Waals surface area contributed by atoms with E-state index in [9.17, 15) is 4.79 Å². The summed E-state index contributed by atoms with van der Waals surface area (Å²) in [5.41, 5.74) is 0. The molecule has 0 aromatic rings. The lowest BCUT2D eigenvalue weighted by molar-refractivity contribution is -0.138. The van der Waals surface area contributed by atoms with Gasteiger partial charge in [0.2, 0.25) is 5.91 Å². The number of carbonyl (C=O) groups is 1. The second-order valence-electron chi connectivity index (χ2n) is 5.98. The largest absolute Gasteiger partial charge is 0.420 e. The van der Waals surface area contributed by atoms with E-state index in [0.29, 0.717) is 11.0 Å². The van der Waals surface area contributed by atoms with Gasteiger partial charge in [-0.25, -0.2) is 0 Å². The summed E-state index contributed by atoms with van der Waals surface area (Å²) in [6.45, 7) is 13.1. The fourth-order valence-corrected chi connectivity index (χ4v) is 3.01. The Bertz CT molecular complexity index is 266. The molecule has 1 saturated heterocycles. The van der Waals surface area contributed by atoms with Gasteiger partial charge in [-0.05, 0) is 24.8 Å². The zero-order chi connectivity index (χ0) is 12.5. The molecular weight excluding hydrogens is 218 g/mol. The highest BCUT2D eigenvalue weighted by Crippen LogP contribution is 2.34. The van der Waals surface area contributed by atoms with Crippen LogP contribution in [0.2, 0.25) is 5.04 Å². The van der Waals surface area contributed by atoms with Gasteiger partial charge in [0.1, 0.15) is 0 Å². The van der Waals surface area contributed by atoms with Gasteiger partial charge in [-0.2, -0.15) is 0 Å². The Balaban J connectivity index is 2.41. The molecule has 3 atom stereocenters. The van der Waals surface area contributed by atoms with Crippen LogP contribution in [0.3, 0.4) is 0 Å². The number of carbonyl (C=O) groups excluding carboxylic acids is 1. The number of amides is 1. The zero-order valence-electron chi connectivity index (χ0n) is 11.3. The molecule has 0 aliphatic carbocycles. The Morgan fingerprint density at radius 1 is 1.38 bits per heavy atom. The van der Waals surface area contributed by atoms with Crippen molar-refractivity contribution in [1.29, 1.82) is 0 Å². The van der Waals surface area contributed by atoms with Gasteiger partial charge in [0.15, 0.2) is 9.76 Å². The van der Waals surface area contributed by atoms with E-state index < -0.39 is 9.76 Å². The van der Waals surface area contributed by atoms with Crippen LogP contribution in [0.5, 0.6) is 0 Å². The van der Waals surface area contributed by atoms with E-state index in [1.165, 1.54) is 0 Å². The van der Waals surface area contributed by atoms with Crippen LogP contribution in [-0.2, 0) is 9.22 Å². The van der Waals surface area contributed by atoms with E-state index in [1.54, 1.807) is 0 Å². The van der Waals surface area contributed by atoms with Crippen LogP contribution in [0, 0.1) is 11.8 Å². The first-order valence-corrected chi connectivity index (χ1v) is 7.46. The molecule has 1 N–H and O–H groups in total. The van der Waals surface area contributed by atoms with Crippen LogP contribution < -0.4 is 5.32 Å². The summed E-state index contributed by atoms with van der Waals surface area (Å²) < 4.78 is 5.99. The molecule has 0 aromatic carbocycles. The van der Waals surface area contributed by atoms with E-state index in [0.717, 1.165) is 0 Å². The zero-order valence-corrected chi connectivity index (χ0v) is 12.7. The maximum Gasteiger partial charge on any atom is 0.227 e. The van der Waals surface area contributed by atoms with Crippen molar-refractivity contribution in [3.63, 3.8) is 0 Å². The molecule has 0 spiro atoms. The number of hydrogen-bond acceptors (Lipinski definition) is 2. The molecule has 1 fully saturated rings. The predicted molar refractivity (Wildman–Crippen MR) is 69.1 cm³/mol. The average molecular weight is 243 g/mol. The average Bonchev–Trinajstić information content (AvgIpc) is 2.14. The molecule has 94 valence electrons. The van der Waals surface area contributed by atoms with Gasteiger partial charge >= 0.3 is 0 Å². The first-order valence-electron chi connectivity index (χ1n) is 6.17. The molecular formula is C12H25NO2Si. The molecule has 0 saturated carbocycles. The summed E-state index contributed by atoms with van der Waals surface area (Å²) in [6, 6.07) is 0.277. The molecule has 0 bridgehead atoms. The van der Waals surface area contributed by atoms with Crippen LogP contribution in [0.15, 0.2) is 0 Å². The maximum absolute atomic E-state index is 11.4. The highest BCUT2D eigenvalue weighted by Gasteiger charge is 2.40. The first kappa shape index (κ1) is 13.7. The third kappa shape index (κ3) is 2.86. The normalized spacial score (nSPS) is 28.3. The number of rotatable bonds is 5. The molecule has 0 radical (unpaired) electrons. The lowest BCUT2D eigenvalue weighted by Crippen LogP contribution is -2.61. The maximum atomic E-state index is 11.4. The number of nitrogens with one attached hydrogen (secondary N) is 1. The van der Waals surface area contributed by atoms with Crippen LogP contribution in [0.25, 0.3) is 0 Å². The Morgan fingerprint density at radius 3 is 2.31 bits per heavy atom. The smallest absolute Gasteiger partial charge is 0.227 e. The lowest BCUT2D eigenvalue weighted by Gasteiger charge is -2.39. The molecule has 4 heteroatoms. The van der Waals surface area contributed by atoms with E-state index in [2.05, 4.69) is 33.0 Å². The summed E-state index contributed by atoms with van der Waals surface area (Å²) in [7, 11) is -0.599. The minimum absolute atomic E-state index is 0.0652. The molecule has 1 amide bonds. The monoisotopic (exact) mass is 243 g/mol. The van der Waals surface area contributed by atoms with Gasteiger partial charge < -0.3 is 9.74 Å². The van der Waals surface area contributed by atoms with Gasteiger partial charge in [-0.15, -0.1) is 0 Å². The van der Waals surface area contributed by atoms with Crippen molar-refractivity contribution >= 4 is 15.7 Å². The minimum atomic E-state index is -0.599. The van der Waals surface area contributed by atoms with Gasteiger partial charge in [-0.3, -0.25) is 4.79 Å². The second kappa shape index (κ2) is 4.88. The third-order valence-corrected chi connectivity index (χ3v) is 6.25. The van der Waals surface area contributed by atoms with E-state index in [-0.39, 0.29) is 24.0 Å². The third-order valence-electron chi connectivity index (χ3n) is 4.00. The quantitative estimate of drug-likeness (QED) is 0.586. The Morgan fingerprint density at radius 2 is 1.94 bits per heavy atom. The van der Waals surface area contributed by atoms with Crippen molar-refractivity contribution in [3.05, 3.63) is 0 Å². The van der Waals surface area contributed by atoms with Crippen LogP contribution in [-0.4, -0.2) is 27.8 Å². The standard InChI is InChI=1S/C12H25NO2Si/c1-7(2)12(5,6)16-15-9(4)10-8(3)13-11(10)14/h7-10H,16H2,1-6H3,(H,13,14)/t8-,9-,10+/m1/s1. The van der Waals surface area contributed by atoms with Crippen molar-refractivity contribution in [1.82, 2.24) is 5.32 Å². The van der Waals surface area contributed by atoms with Crippen LogP contribution >= 0.6 is 0 Å². The van der Waals surface area contributed by atoms with Crippen LogP contribution in [0.4, 0.5) is 0 Å². The van der Waals surface area contributed by atoms with E-state index in [4.69, 9.17) is 4.43 Å². The van der Waals surface area contributed by atoms with E-state index in [1.807, 2.05) is 13.8 Å². The number of hydrogen-bond donors (Lipinski definition) is 1. The highest BCUT2D eigenvalue weighted by atomic mass is 28.2. The molecule has 0 aromatic heterocycles. The van der Waals surface area contributed by atoms with Gasteiger partial charge in [-0.1, -0.05) is 27.7 Å². The molecule has 1 rings (SSSR count). The van der Waals surface area contributed by atoms with Crippen molar-refractivity contribution < 1.29 is 9.22 Å². The van der Waals surface area contributed by atoms with Crippen molar-refractivity contribution in [2.24, 2.45) is 11.8 Å². The fraction of sp³-hybridized carbons (Fsp3) is 0.917. The first-order chi connectivity index (χ1) is 7.25. The van der Waals surface area contributed by atoms with Crippen molar-refractivity contribution in [3.8, 4) is 0 Å². The Labute approximate surface area is 101 Å². The Hall–Kier alpha value is -0.353. The highest BCUT2D eigenvalue weighted by molar-refractivity contribution is 6.32. The van der Waals surface area contributed by atoms with Crippen LogP contribution in [0.1, 0.15) is 41.5 Å². The summed E-state index contributed by atoms with van der Waals surface area (Å²) in [4.78, 5) is 11.4. The van der Waals surface area contributed by atoms with Gasteiger partial charge in [0, 0.05) is 6.04 Å². The molecule has 16 heavy (non-hydrogen) atoms. The predicted octanol–water partition coefficient (Wildman–Crippen LogP) is 1.46. The molecule has 1 aliphatic heterocycles. The minimum Gasteiger partial charge on any atom is -0.420 e. The topological polar surface area (TPSA) is 38.3 Å². The summed E-state index contributed by atoms with van der Waals surface area (Å²) in [5, 5.41) is 3.16. The second-order valence-corrected chi connectivity index (χ2v) is 8.43. The summed E-state index contributed by atoms with van der Waals surface area (Å²) in [6.07, 6.45) is 0.0773.